The SMILES string of the molecule is N#Cc1ccc(O[C@H]2CC[C@H](NC(=O)c3nccnn3)CC2)cc1Cl. The molecule has 1 heterocycles. The van der Waals surface area contributed by atoms with Crippen LogP contribution in [0, 0.1) is 11.3 Å². The van der Waals surface area contributed by atoms with Gasteiger partial charge < -0.3 is 10.1 Å². The van der Waals surface area contributed by atoms with E-state index in [4.69, 9.17) is 21.6 Å². The van der Waals surface area contributed by atoms with E-state index in [-0.39, 0.29) is 23.9 Å². The second-order valence-electron chi connectivity index (χ2n) is 5.78. The molecule has 128 valence electrons. The van der Waals surface area contributed by atoms with E-state index in [1.165, 1.54) is 12.4 Å². The lowest BCUT2D eigenvalue weighted by molar-refractivity contribution is 0.0882. The molecule has 1 saturated carbocycles. The minimum Gasteiger partial charge on any atom is -0.490 e. The molecule has 1 aliphatic carbocycles. The summed E-state index contributed by atoms with van der Waals surface area (Å²) in [6.45, 7) is 0. The number of rotatable bonds is 4. The largest absolute Gasteiger partial charge is 0.490 e. The summed E-state index contributed by atoms with van der Waals surface area (Å²) in [5.74, 6) is 0.421. The summed E-state index contributed by atoms with van der Waals surface area (Å²) >= 11 is 6.02. The van der Waals surface area contributed by atoms with Gasteiger partial charge in [0.2, 0.25) is 5.82 Å². The van der Waals surface area contributed by atoms with Crippen LogP contribution in [0.25, 0.3) is 0 Å². The highest BCUT2D eigenvalue weighted by molar-refractivity contribution is 6.31. The predicted octanol–water partition coefficient (Wildman–Crippen LogP) is 2.52. The van der Waals surface area contributed by atoms with Crippen molar-refractivity contribution in [3.63, 3.8) is 0 Å². The monoisotopic (exact) mass is 357 g/mol. The first-order chi connectivity index (χ1) is 12.2. The van der Waals surface area contributed by atoms with Gasteiger partial charge in [-0.2, -0.15) is 10.4 Å². The Hall–Kier alpha value is -2.72. The molecular weight excluding hydrogens is 342 g/mol. The fraction of sp³-hybridized carbons (Fsp3) is 0.353. The maximum absolute atomic E-state index is 12.0. The van der Waals surface area contributed by atoms with Crippen LogP contribution in [0.3, 0.4) is 0 Å². The van der Waals surface area contributed by atoms with Gasteiger partial charge >= 0.3 is 0 Å². The zero-order valence-electron chi connectivity index (χ0n) is 13.4. The van der Waals surface area contributed by atoms with Gasteiger partial charge in [-0.1, -0.05) is 11.6 Å². The fourth-order valence-electron chi connectivity index (χ4n) is 2.78. The number of hydrogen-bond donors (Lipinski definition) is 1. The first kappa shape index (κ1) is 17.1. The number of nitriles is 1. The van der Waals surface area contributed by atoms with E-state index >= 15 is 0 Å². The molecule has 1 fully saturated rings. The summed E-state index contributed by atoms with van der Waals surface area (Å²) in [6.07, 6.45) is 6.17. The Morgan fingerprint density at radius 2 is 2.08 bits per heavy atom. The number of benzene rings is 1. The van der Waals surface area contributed by atoms with Gasteiger partial charge in [-0.25, -0.2) is 4.98 Å². The van der Waals surface area contributed by atoms with Gasteiger partial charge in [-0.15, -0.1) is 5.10 Å². The smallest absolute Gasteiger partial charge is 0.291 e. The average molecular weight is 358 g/mol. The van der Waals surface area contributed by atoms with E-state index in [0.29, 0.717) is 16.3 Å². The van der Waals surface area contributed by atoms with Crippen LogP contribution in [0.1, 0.15) is 41.9 Å². The van der Waals surface area contributed by atoms with E-state index < -0.39 is 0 Å². The van der Waals surface area contributed by atoms with Crippen LogP contribution >= 0.6 is 11.6 Å². The van der Waals surface area contributed by atoms with Crippen LogP contribution in [0.15, 0.2) is 30.6 Å². The van der Waals surface area contributed by atoms with Gasteiger partial charge in [-0.05, 0) is 37.8 Å². The van der Waals surface area contributed by atoms with Crippen molar-refractivity contribution in [3.05, 3.63) is 47.0 Å². The number of aromatic nitrogens is 3. The molecule has 0 aliphatic heterocycles. The van der Waals surface area contributed by atoms with Crippen LogP contribution in [0.5, 0.6) is 5.75 Å². The fourth-order valence-corrected chi connectivity index (χ4v) is 2.99. The van der Waals surface area contributed by atoms with Crippen molar-refractivity contribution in [2.75, 3.05) is 0 Å². The van der Waals surface area contributed by atoms with E-state index in [1.54, 1.807) is 18.2 Å². The van der Waals surface area contributed by atoms with Gasteiger partial charge in [-0.3, -0.25) is 4.79 Å². The zero-order chi connectivity index (χ0) is 17.6. The van der Waals surface area contributed by atoms with Crippen molar-refractivity contribution in [1.82, 2.24) is 20.5 Å². The number of hydrogen-bond acceptors (Lipinski definition) is 6. The van der Waals surface area contributed by atoms with Crippen LogP contribution in [0.2, 0.25) is 5.02 Å². The third-order valence-corrected chi connectivity index (χ3v) is 4.37. The van der Waals surface area contributed by atoms with Crippen molar-refractivity contribution >= 4 is 17.5 Å². The van der Waals surface area contributed by atoms with Crippen LogP contribution in [-0.2, 0) is 0 Å². The molecule has 0 saturated heterocycles. The Kier molecular flexibility index (Phi) is 5.41. The van der Waals surface area contributed by atoms with Crippen molar-refractivity contribution in [2.45, 2.75) is 37.8 Å². The van der Waals surface area contributed by atoms with Crippen molar-refractivity contribution in [3.8, 4) is 11.8 Å². The molecule has 0 bridgehead atoms. The van der Waals surface area contributed by atoms with Crippen LogP contribution < -0.4 is 10.1 Å². The molecule has 1 amide bonds. The topological polar surface area (TPSA) is 101 Å². The lowest BCUT2D eigenvalue weighted by Crippen LogP contribution is -2.40. The van der Waals surface area contributed by atoms with Crippen molar-refractivity contribution in [1.29, 1.82) is 5.26 Å². The van der Waals surface area contributed by atoms with E-state index in [9.17, 15) is 4.79 Å². The number of halogens is 1. The first-order valence-corrected chi connectivity index (χ1v) is 8.34. The molecule has 0 unspecified atom stereocenters. The van der Waals surface area contributed by atoms with Crippen LogP contribution in [-0.4, -0.2) is 33.2 Å². The average Bonchev–Trinajstić information content (AvgIpc) is 2.64. The molecule has 1 aliphatic rings. The predicted molar refractivity (Wildman–Crippen MR) is 90.1 cm³/mol. The summed E-state index contributed by atoms with van der Waals surface area (Å²) in [6, 6.07) is 7.15. The molecule has 3 rings (SSSR count). The first-order valence-electron chi connectivity index (χ1n) is 7.96. The lowest BCUT2D eigenvalue weighted by Gasteiger charge is -2.29. The highest BCUT2D eigenvalue weighted by Crippen LogP contribution is 2.27. The molecule has 2 aromatic rings. The summed E-state index contributed by atoms with van der Waals surface area (Å²) in [5.41, 5.74) is 0.429. The van der Waals surface area contributed by atoms with Crippen molar-refractivity contribution < 1.29 is 9.53 Å². The highest BCUT2D eigenvalue weighted by Gasteiger charge is 2.24. The molecule has 0 atom stereocenters. The van der Waals surface area contributed by atoms with E-state index in [2.05, 4.69) is 20.5 Å². The molecule has 0 radical (unpaired) electrons. The number of amides is 1. The van der Waals surface area contributed by atoms with Gasteiger partial charge in [0.25, 0.3) is 5.91 Å². The maximum Gasteiger partial charge on any atom is 0.291 e. The third kappa shape index (κ3) is 4.43. The number of carbonyl (C=O) groups excluding carboxylic acids is 1. The molecule has 8 heteroatoms. The van der Waals surface area contributed by atoms with Gasteiger partial charge in [0.05, 0.1) is 22.9 Å². The molecule has 25 heavy (non-hydrogen) atoms. The summed E-state index contributed by atoms with van der Waals surface area (Å²) in [7, 11) is 0. The number of ether oxygens (including phenoxy) is 1. The van der Waals surface area contributed by atoms with Gasteiger partial charge in [0, 0.05) is 18.3 Å². The Bertz CT molecular complexity index is 785. The second-order valence-corrected chi connectivity index (χ2v) is 6.19. The van der Waals surface area contributed by atoms with Crippen molar-refractivity contribution in [2.24, 2.45) is 0 Å². The minimum absolute atomic E-state index is 0.0618. The van der Waals surface area contributed by atoms with E-state index in [0.717, 1.165) is 25.7 Å². The summed E-state index contributed by atoms with van der Waals surface area (Å²) in [5, 5.41) is 19.6. The quantitative estimate of drug-likeness (QED) is 0.902. The van der Waals surface area contributed by atoms with Gasteiger partial charge in [0.15, 0.2) is 0 Å². The Morgan fingerprint density at radius 1 is 1.28 bits per heavy atom. The minimum atomic E-state index is -0.309. The summed E-state index contributed by atoms with van der Waals surface area (Å²) in [4.78, 5) is 15.9. The lowest BCUT2D eigenvalue weighted by atomic mass is 9.93. The summed E-state index contributed by atoms with van der Waals surface area (Å²) < 4.78 is 5.93. The highest BCUT2D eigenvalue weighted by atomic mass is 35.5. The number of nitrogens with zero attached hydrogens (tertiary/aromatic N) is 4. The third-order valence-electron chi connectivity index (χ3n) is 4.06. The molecular formula is C17H16ClN5O2. The van der Waals surface area contributed by atoms with Crippen LogP contribution in [0.4, 0.5) is 0 Å². The number of carbonyl (C=O) groups is 1. The molecule has 0 spiro atoms. The van der Waals surface area contributed by atoms with Gasteiger partial charge in [0.1, 0.15) is 11.8 Å². The molecule has 1 aromatic heterocycles. The zero-order valence-corrected chi connectivity index (χ0v) is 14.1. The normalized spacial score (nSPS) is 19.7. The molecule has 1 N–H and O–H groups in total. The molecule has 7 nitrogen and oxygen atoms in total. The maximum atomic E-state index is 12.0. The standard InChI is InChI=1S/C17H16ClN5O2/c18-15-9-14(4-1-11(15)10-19)25-13-5-2-12(3-6-13)22-17(24)16-20-7-8-21-23-16/h1,4,7-9,12-13H,2-3,5-6H2,(H,22,24)/t12-,13-. The Balaban J connectivity index is 1.50. The molecule has 1 aromatic carbocycles. The second kappa shape index (κ2) is 7.90. The van der Waals surface area contributed by atoms with E-state index in [1.807, 2.05) is 6.07 Å². The number of nitrogens with one attached hydrogen (secondary N) is 1. The Labute approximate surface area is 150 Å². The Morgan fingerprint density at radius 3 is 2.72 bits per heavy atom.